The van der Waals surface area contributed by atoms with Gasteiger partial charge in [0.05, 0.1) is 29.6 Å². The third-order valence-corrected chi connectivity index (χ3v) is 5.26. The molecular weight excluding hydrogens is 446 g/mol. The summed E-state index contributed by atoms with van der Waals surface area (Å²) in [4.78, 5) is 12.6. The minimum atomic E-state index is -0.156. The van der Waals surface area contributed by atoms with E-state index in [2.05, 4.69) is 44.5 Å². The number of aromatic nitrogens is 2. The van der Waals surface area contributed by atoms with Crippen LogP contribution in [0.25, 0.3) is 5.69 Å². The lowest BCUT2D eigenvalue weighted by Crippen LogP contribution is -2.25. The molecule has 1 heterocycles. The van der Waals surface area contributed by atoms with Crippen molar-refractivity contribution in [3.63, 3.8) is 0 Å². The Morgan fingerprint density at radius 3 is 2.50 bits per heavy atom. The van der Waals surface area contributed by atoms with E-state index < -0.39 is 0 Å². The first kappa shape index (κ1) is 21.9. The average Bonchev–Trinajstić information content (AvgIpc) is 3.07. The first-order valence-electron chi connectivity index (χ1n) is 9.84. The molecule has 3 aromatic rings. The van der Waals surface area contributed by atoms with Crippen molar-refractivity contribution >= 4 is 21.8 Å². The Kier molecular flexibility index (Phi) is 7.15. The Hall–Kier alpha value is -2.80. The van der Waals surface area contributed by atoms with E-state index in [1.807, 2.05) is 37.6 Å². The second kappa shape index (κ2) is 9.80. The van der Waals surface area contributed by atoms with Crippen LogP contribution in [0, 0.1) is 13.8 Å². The number of carbonyl (C=O) groups excluding carboxylic acids is 1. The van der Waals surface area contributed by atoms with Crippen LogP contribution in [0.1, 0.15) is 34.2 Å². The molecule has 0 aliphatic carbocycles. The van der Waals surface area contributed by atoms with Crippen molar-refractivity contribution in [1.82, 2.24) is 15.1 Å². The Balaban J connectivity index is 1.60. The molecule has 3 rings (SSSR count). The van der Waals surface area contributed by atoms with E-state index in [1.54, 1.807) is 19.2 Å². The minimum absolute atomic E-state index is 0.156. The van der Waals surface area contributed by atoms with Crippen LogP contribution in [0.5, 0.6) is 11.5 Å². The molecule has 0 aliphatic heterocycles. The number of carbonyl (C=O) groups is 1. The van der Waals surface area contributed by atoms with Crippen LogP contribution in [-0.4, -0.2) is 35.9 Å². The van der Waals surface area contributed by atoms with Crippen LogP contribution in [0.3, 0.4) is 0 Å². The molecule has 0 saturated carbocycles. The second-order valence-electron chi connectivity index (χ2n) is 6.93. The third-order valence-electron chi connectivity index (χ3n) is 4.67. The fourth-order valence-corrected chi connectivity index (χ4v) is 3.81. The molecule has 158 valence electrons. The average molecular weight is 472 g/mol. The standard InChI is InChI=1S/C23H26BrN3O3/c1-5-30-22-20(24)13-18(14-21(22)29-4)23(28)25-11-10-17-6-8-19(9-7-17)27-16(3)12-15(2)26-27/h6-9,12-14H,5,10-11H2,1-4H3,(H,25,28). The van der Waals surface area contributed by atoms with Gasteiger partial charge in [0.25, 0.3) is 5.91 Å². The van der Waals surface area contributed by atoms with Gasteiger partial charge in [-0.2, -0.15) is 5.10 Å². The van der Waals surface area contributed by atoms with Crippen molar-refractivity contribution in [1.29, 1.82) is 0 Å². The molecule has 7 heteroatoms. The van der Waals surface area contributed by atoms with Crippen molar-refractivity contribution in [3.05, 3.63) is 69.5 Å². The summed E-state index contributed by atoms with van der Waals surface area (Å²) in [7, 11) is 1.56. The predicted molar refractivity (Wildman–Crippen MR) is 121 cm³/mol. The molecule has 0 fully saturated rings. The minimum Gasteiger partial charge on any atom is -0.493 e. The van der Waals surface area contributed by atoms with Gasteiger partial charge in [-0.3, -0.25) is 4.79 Å². The van der Waals surface area contributed by atoms with Gasteiger partial charge < -0.3 is 14.8 Å². The zero-order valence-electron chi connectivity index (χ0n) is 17.7. The summed E-state index contributed by atoms with van der Waals surface area (Å²) >= 11 is 3.45. The normalized spacial score (nSPS) is 10.7. The maximum Gasteiger partial charge on any atom is 0.251 e. The highest BCUT2D eigenvalue weighted by Crippen LogP contribution is 2.36. The molecule has 0 unspecified atom stereocenters. The predicted octanol–water partition coefficient (Wildman–Crippen LogP) is 4.63. The van der Waals surface area contributed by atoms with E-state index in [4.69, 9.17) is 9.47 Å². The van der Waals surface area contributed by atoms with Crippen molar-refractivity contribution in [2.75, 3.05) is 20.3 Å². The molecule has 0 radical (unpaired) electrons. The molecule has 1 amide bonds. The summed E-state index contributed by atoms with van der Waals surface area (Å²) in [5.41, 5.74) is 4.79. The van der Waals surface area contributed by atoms with Crippen molar-refractivity contribution in [2.45, 2.75) is 27.2 Å². The van der Waals surface area contributed by atoms with Crippen LogP contribution >= 0.6 is 15.9 Å². The highest BCUT2D eigenvalue weighted by atomic mass is 79.9. The molecule has 1 N–H and O–H groups in total. The lowest BCUT2D eigenvalue weighted by atomic mass is 10.1. The molecule has 2 aromatic carbocycles. The smallest absolute Gasteiger partial charge is 0.251 e. The van der Waals surface area contributed by atoms with E-state index in [9.17, 15) is 4.79 Å². The molecule has 0 atom stereocenters. The number of halogens is 1. The number of hydrogen-bond acceptors (Lipinski definition) is 4. The number of rotatable bonds is 8. The van der Waals surface area contributed by atoms with E-state index in [0.717, 1.165) is 29.1 Å². The number of aryl methyl sites for hydroxylation is 2. The Bertz CT molecular complexity index is 1030. The van der Waals surface area contributed by atoms with Crippen molar-refractivity contribution in [3.8, 4) is 17.2 Å². The van der Waals surface area contributed by atoms with Crippen LogP contribution in [-0.2, 0) is 6.42 Å². The summed E-state index contributed by atoms with van der Waals surface area (Å²) in [6.07, 6.45) is 0.735. The van der Waals surface area contributed by atoms with Gasteiger partial charge in [-0.1, -0.05) is 12.1 Å². The molecule has 1 aromatic heterocycles. The molecule has 30 heavy (non-hydrogen) atoms. The molecule has 0 aliphatic rings. The maximum absolute atomic E-state index is 12.6. The number of ether oxygens (including phenoxy) is 2. The number of benzene rings is 2. The van der Waals surface area contributed by atoms with Crippen LogP contribution < -0.4 is 14.8 Å². The summed E-state index contributed by atoms with van der Waals surface area (Å²) in [6, 6.07) is 13.7. The van der Waals surface area contributed by atoms with E-state index >= 15 is 0 Å². The number of amides is 1. The Morgan fingerprint density at radius 1 is 1.17 bits per heavy atom. The highest BCUT2D eigenvalue weighted by molar-refractivity contribution is 9.10. The van der Waals surface area contributed by atoms with Gasteiger partial charge in [0, 0.05) is 17.8 Å². The zero-order valence-corrected chi connectivity index (χ0v) is 19.2. The second-order valence-corrected chi connectivity index (χ2v) is 7.79. The molecule has 6 nitrogen and oxygen atoms in total. The summed E-state index contributed by atoms with van der Waals surface area (Å²) in [5, 5.41) is 7.47. The topological polar surface area (TPSA) is 65.4 Å². The largest absolute Gasteiger partial charge is 0.493 e. The molecule has 0 bridgehead atoms. The van der Waals surface area contributed by atoms with E-state index in [-0.39, 0.29) is 5.91 Å². The zero-order chi connectivity index (χ0) is 21.7. The third kappa shape index (κ3) is 5.02. The van der Waals surface area contributed by atoms with Crippen LogP contribution in [0.2, 0.25) is 0 Å². The van der Waals surface area contributed by atoms with Gasteiger partial charge >= 0.3 is 0 Å². The van der Waals surface area contributed by atoms with Gasteiger partial charge in [-0.05, 0) is 79.0 Å². The summed E-state index contributed by atoms with van der Waals surface area (Å²) < 4.78 is 13.5. The van der Waals surface area contributed by atoms with Crippen LogP contribution in [0.15, 0.2) is 46.9 Å². The fourth-order valence-electron chi connectivity index (χ4n) is 3.25. The van der Waals surface area contributed by atoms with Crippen LogP contribution in [0.4, 0.5) is 0 Å². The summed E-state index contributed by atoms with van der Waals surface area (Å²) in [5.74, 6) is 0.965. The number of methoxy groups -OCH3 is 1. The van der Waals surface area contributed by atoms with Crippen molar-refractivity contribution in [2.24, 2.45) is 0 Å². The lowest BCUT2D eigenvalue weighted by Gasteiger charge is -2.13. The van der Waals surface area contributed by atoms with Gasteiger partial charge in [0.15, 0.2) is 11.5 Å². The van der Waals surface area contributed by atoms with E-state index in [1.165, 1.54) is 0 Å². The maximum atomic E-state index is 12.6. The number of nitrogens with one attached hydrogen (secondary N) is 1. The van der Waals surface area contributed by atoms with Gasteiger partial charge in [-0.15, -0.1) is 0 Å². The summed E-state index contributed by atoms with van der Waals surface area (Å²) in [6.45, 7) is 6.97. The first-order chi connectivity index (χ1) is 14.4. The lowest BCUT2D eigenvalue weighted by molar-refractivity contribution is 0.0953. The quantitative estimate of drug-likeness (QED) is 0.519. The van der Waals surface area contributed by atoms with Gasteiger partial charge in [-0.25, -0.2) is 4.68 Å². The highest BCUT2D eigenvalue weighted by Gasteiger charge is 2.15. The fraction of sp³-hybridized carbons (Fsp3) is 0.304. The first-order valence-corrected chi connectivity index (χ1v) is 10.6. The van der Waals surface area contributed by atoms with Crippen molar-refractivity contribution < 1.29 is 14.3 Å². The Labute approximate surface area is 185 Å². The SMILES string of the molecule is CCOc1c(Br)cc(C(=O)NCCc2ccc(-n3nc(C)cc3C)cc2)cc1OC. The number of nitrogens with zero attached hydrogens (tertiary/aromatic N) is 2. The molecule has 0 spiro atoms. The molecule has 0 saturated heterocycles. The van der Waals surface area contributed by atoms with Gasteiger partial charge in [0.1, 0.15) is 0 Å². The van der Waals surface area contributed by atoms with Gasteiger partial charge in [0.2, 0.25) is 0 Å². The number of hydrogen-bond donors (Lipinski definition) is 1. The Morgan fingerprint density at radius 2 is 1.90 bits per heavy atom. The monoisotopic (exact) mass is 471 g/mol. The van der Waals surface area contributed by atoms with E-state index in [0.29, 0.717) is 34.7 Å². The molecular formula is C23H26BrN3O3.